The minimum absolute atomic E-state index is 0.00929. The molecule has 2 heterocycles. The van der Waals surface area contributed by atoms with Crippen LogP contribution in [0.3, 0.4) is 0 Å². The number of carbonyl (C=O) groups excluding carboxylic acids is 2. The Hall–Kier alpha value is -3.45. The second kappa shape index (κ2) is 12.9. The zero-order valence-electron chi connectivity index (χ0n) is 22.4. The van der Waals surface area contributed by atoms with Gasteiger partial charge in [-0.15, -0.1) is 10.2 Å². The fourth-order valence-electron chi connectivity index (χ4n) is 4.77. The number of benzene rings is 2. The third-order valence-electron chi connectivity index (χ3n) is 6.93. The first-order valence-electron chi connectivity index (χ1n) is 13.3. The summed E-state index contributed by atoms with van der Waals surface area (Å²) in [5, 5.41) is 9.49. The van der Waals surface area contributed by atoms with Crippen molar-refractivity contribution in [2.24, 2.45) is 5.92 Å². The number of nitrogens with zero attached hydrogens (tertiary/aromatic N) is 5. The van der Waals surface area contributed by atoms with Crippen molar-refractivity contribution in [3.63, 3.8) is 0 Å². The molecule has 38 heavy (non-hydrogen) atoms. The lowest BCUT2D eigenvalue weighted by Gasteiger charge is -2.32. The standard InChI is InChI=1S/C30H36ClN5O2/c1-22(2)20-29(37)36(23(3)24-10-5-4-6-11-24)21-30(38)35-17-9-16-34(18-19-35)28-15-14-27(32-33-28)25-12-7-8-13-26(25)31/h4-8,10-15,22-23H,9,16-21H2,1-3H3. The number of aromatic nitrogens is 2. The molecule has 200 valence electrons. The largest absolute Gasteiger partial charge is 0.353 e. The van der Waals surface area contributed by atoms with E-state index < -0.39 is 0 Å². The van der Waals surface area contributed by atoms with E-state index >= 15 is 0 Å². The first kappa shape index (κ1) is 27.6. The second-order valence-electron chi connectivity index (χ2n) is 10.2. The Morgan fingerprint density at radius 2 is 1.63 bits per heavy atom. The molecule has 1 fully saturated rings. The normalized spacial score (nSPS) is 14.8. The zero-order valence-corrected chi connectivity index (χ0v) is 23.1. The number of anilines is 1. The SMILES string of the molecule is CC(C)CC(=O)N(CC(=O)N1CCCN(c2ccc(-c3ccccc3Cl)nn2)CC1)C(C)c1ccccc1. The van der Waals surface area contributed by atoms with Gasteiger partial charge in [0, 0.05) is 38.2 Å². The van der Waals surface area contributed by atoms with Gasteiger partial charge in [-0.25, -0.2) is 0 Å². The smallest absolute Gasteiger partial charge is 0.242 e. The molecular formula is C30H36ClN5O2. The molecule has 8 heteroatoms. The third kappa shape index (κ3) is 6.90. The summed E-state index contributed by atoms with van der Waals surface area (Å²) in [6.07, 6.45) is 1.23. The summed E-state index contributed by atoms with van der Waals surface area (Å²) in [5.74, 6) is 0.990. The molecule has 1 aliphatic rings. The fraction of sp³-hybridized carbons (Fsp3) is 0.400. The summed E-state index contributed by atoms with van der Waals surface area (Å²) in [5.41, 5.74) is 2.60. The minimum atomic E-state index is -0.179. The van der Waals surface area contributed by atoms with E-state index in [0.29, 0.717) is 31.1 Å². The lowest BCUT2D eigenvalue weighted by atomic mass is 10.0. The van der Waals surface area contributed by atoms with Crippen LogP contribution in [0, 0.1) is 5.92 Å². The van der Waals surface area contributed by atoms with Crippen molar-refractivity contribution in [3.05, 3.63) is 77.3 Å². The molecule has 0 saturated carbocycles. The first-order valence-corrected chi connectivity index (χ1v) is 13.7. The Balaban J connectivity index is 1.41. The highest BCUT2D eigenvalue weighted by atomic mass is 35.5. The van der Waals surface area contributed by atoms with Gasteiger partial charge in [-0.1, -0.05) is 74.0 Å². The van der Waals surface area contributed by atoms with Crippen LogP contribution >= 0.6 is 11.6 Å². The molecular weight excluding hydrogens is 498 g/mol. The van der Waals surface area contributed by atoms with Gasteiger partial charge in [0.2, 0.25) is 11.8 Å². The van der Waals surface area contributed by atoms with Gasteiger partial charge in [0.05, 0.1) is 16.8 Å². The van der Waals surface area contributed by atoms with Gasteiger partial charge in [-0.3, -0.25) is 9.59 Å². The van der Waals surface area contributed by atoms with Gasteiger partial charge in [-0.05, 0) is 43.0 Å². The monoisotopic (exact) mass is 533 g/mol. The summed E-state index contributed by atoms with van der Waals surface area (Å²) in [6.45, 7) is 8.77. The summed E-state index contributed by atoms with van der Waals surface area (Å²) in [4.78, 5) is 32.4. The topological polar surface area (TPSA) is 69.6 Å². The second-order valence-corrected chi connectivity index (χ2v) is 10.6. The molecule has 1 unspecified atom stereocenters. The van der Waals surface area contributed by atoms with Crippen molar-refractivity contribution in [2.45, 2.75) is 39.7 Å². The minimum Gasteiger partial charge on any atom is -0.353 e. The Labute approximate surface area is 230 Å². The predicted octanol–water partition coefficient (Wildman–Crippen LogP) is 5.47. The van der Waals surface area contributed by atoms with Crippen LogP contribution < -0.4 is 4.90 Å². The number of carbonyl (C=O) groups is 2. The summed E-state index contributed by atoms with van der Waals surface area (Å²) in [7, 11) is 0. The van der Waals surface area contributed by atoms with Gasteiger partial charge >= 0.3 is 0 Å². The summed E-state index contributed by atoms with van der Waals surface area (Å²) >= 11 is 6.31. The maximum atomic E-state index is 13.4. The average molecular weight is 534 g/mol. The van der Waals surface area contributed by atoms with Crippen LogP contribution in [0.15, 0.2) is 66.7 Å². The third-order valence-corrected chi connectivity index (χ3v) is 7.26. The lowest BCUT2D eigenvalue weighted by molar-refractivity contribution is -0.142. The first-order chi connectivity index (χ1) is 18.3. The van der Waals surface area contributed by atoms with Crippen molar-refractivity contribution < 1.29 is 9.59 Å². The van der Waals surface area contributed by atoms with E-state index in [2.05, 4.69) is 15.1 Å². The number of rotatable bonds is 8. The average Bonchev–Trinajstić information content (AvgIpc) is 3.18. The van der Waals surface area contributed by atoms with Crippen molar-refractivity contribution in [2.75, 3.05) is 37.6 Å². The molecule has 0 spiro atoms. The van der Waals surface area contributed by atoms with Crippen LogP contribution in [0.4, 0.5) is 5.82 Å². The van der Waals surface area contributed by atoms with E-state index in [1.54, 1.807) is 4.90 Å². The Morgan fingerprint density at radius 3 is 2.32 bits per heavy atom. The van der Waals surface area contributed by atoms with E-state index in [1.807, 2.05) is 92.4 Å². The van der Waals surface area contributed by atoms with Gasteiger partial charge in [0.25, 0.3) is 0 Å². The highest BCUT2D eigenvalue weighted by molar-refractivity contribution is 6.33. The molecule has 1 atom stereocenters. The van der Waals surface area contributed by atoms with E-state index in [-0.39, 0.29) is 30.3 Å². The molecule has 0 bridgehead atoms. The molecule has 0 N–H and O–H groups in total. The van der Waals surface area contributed by atoms with E-state index in [1.165, 1.54) is 0 Å². The van der Waals surface area contributed by atoms with Crippen LogP contribution in [0.2, 0.25) is 5.02 Å². The van der Waals surface area contributed by atoms with Crippen molar-refractivity contribution in [1.29, 1.82) is 0 Å². The Bertz CT molecular complexity index is 1220. The molecule has 1 saturated heterocycles. The van der Waals surface area contributed by atoms with Crippen molar-refractivity contribution in [3.8, 4) is 11.3 Å². The van der Waals surface area contributed by atoms with Gasteiger partial charge in [-0.2, -0.15) is 0 Å². The molecule has 4 rings (SSSR count). The van der Waals surface area contributed by atoms with Crippen LogP contribution in [0.25, 0.3) is 11.3 Å². The molecule has 0 aliphatic carbocycles. The number of amides is 2. The van der Waals surface area contributed by atoms with Crippen LogP contribution in [0.1, 0.15) is 45.2 Å². The molecule has 1 aliphatic heterocycles. The van der Waals surface area contributed by atoms with Crippen molar-refractivity contribution in [1.82, 2.24) is 20.0 Å². The van der Waals surface area contributed by atoms with Crippen LogP contribution in [-0.2, 0) is 9.59 Å². The van der Waals surface area contributed by atoms with E-state index in [9.17, 15) is 9.59 Å². The lowest BCUT2D eigenvalue weighted by Crippen LogP contribution is -2.45. The van der Waals surface area contributed by atoms with E-state index in [4.69, 9.17) is 11.6 Å². The highest BCUT2D eigenvalue weighted by Crippen LogP contribution is 2.27. The summed E-state index contributed by atoms with van der Waals surface area (Å²) in [6, 6.07) is 21.2. The Morgan fingerprint density at radius 1 is 0.895 bits per heavy atom. The zero-order chi connectivity index (χ0) is 27.1. The van der Waals surface area contributed by atoms with Gasteiger partial charge in [0.1, 0.15) is 6.54 Å². The molecule has 7 nitrogen and oxygen atoms in total. The maximum absolute atomic E-state index is 13.4. The number of hydrogen-bond acceptors (Lipinski definition) is 5. The molecule has 3 aromatic rings. The maximum Gasteiger partial charge on any atom is 0.242 e. The quantitative estimate of drug-likeness (QED) is 0.384. The van der Waals surface area contributed by atoms with Crippen molar-refractivity contribution >= 4 is 29.2 Å². The number of halogens is 1. The van der Waals surface area contributed by atoms with Gasteiger partial charge < -0.3 is 14.7 Å². The Kier molecular flexibility index (Phi) is 9.34. The fourth-order valence-corrected chi connectivity index (χ4v) is 5.00. The molecule has 1 aromatic heterocycles. The molecule has 2 aromatic carbocycles. The van der Waals surface area contributed by atoms with Gasteiger partial charge in [0.15, 0.2) is 5.82 Å². The molecule has 0 radical (unpaired) electrons. The summed E-state index contributed by atoms with van der Waals surface area (Å²) < 4.78 is 0. The number of hydrogen-bond donors (Lipinski definition) is 0. The van der Waals surface area contributed by atoms with E-state index in [0.717, 1.165) is 35.6 Å². The van der Waals surface area contributed by atoms with Crippen LogP contribution in [-0.4, -0.2) is 64.5 Å². The molecule has 2 amide bonds. The van der Waals surface area contributed by atoms with Crippen LogP contribution in [0.5, 0.6) is 0 Å². The predicted molar refractivity (Wildman–Crippen MR) is 152 cm³/mol. The highest BCUT2D eigenvalue weighted by Gasteiger charge is 2.28.